The third-order valence-electron chi connectivity index (χ3n) is 6.45. The molecule has 5 rings (SSSR count). The molecule has 1 aliphatic carbocycles. The highest BCUT2D eigenvalue weighted by Gasteiger charge is 2.38. The number of carbonyl (C=O) groups is 1. The summed E-state index contributed by atoms with van der Waals surface area (Å²) < 4.78 is 19.3. The predicted molar refractivity (Wildman–Crippen MR) is 123 cm³/mol. The number of benzene rings is 3. The lowest BCUT2D eigenvalue weighted by Gasteiger charge is -2.46. The maximum Gasteiger partial charge on any atom is 0.321 e. The van der Waals surface area contributed by atoms with Crippen LogP contribution in [-0.2, 0) is 6.42 Å². The number of carbonyl (C=O) groups excluding carboxylic acids is 1. The third-order valence-corrected chi connectivity index (χ3v) is 6.45. The molecule has 1 fully saturated rings. The second-order valence-corrected chi connectivity index (χ2v) is 8.49. The molecule has 1 heterocycles. The summed E-state index contributed by atoms with van der Waals surface area (Å²) in [7, 11) is 2.11. The van der Waals surface area contributed by atoms with Crippen molar-refractivity contribution in [2.45, 2.75) is 24.9 Å². The lowest BCUT2D eigenvalue weighted by atomic mass is 10.0. The van der Waals surface area contributed by atoms with Crippen LogP contribution in [0, 0.1) is 5.82 Å². The number of amides is 2. The number of rotatable bonds is 5. The number of urea groups is 1. The van der Waals surface area contributed by atoms with E-state index in [1.807, 2.05) is 65.6 Å². The molecule has 1 saturated heterocycles. The minimum atomic E-state index is -0.168. The Bertz CT molecular complexity index is 1100. The summed E-state index contributed by atoms with van der Waals surface area (Å²) in [4.78, 5) is 16.8. The number of likely N-dealkylation sites (N-methyl/N-ethyl adjacent to an activating group) is 1. The largest absolute Gasteiger partial charge is 0.457 e. The molecule has 5 nitrogen and oxygen atoms in total. The van der Waals surface area contributed by atoms with Crippen LogP contribution in [0.15, 0.2) is 72.8 Å². The number of hydrogen-bond donors (Lipinski definition) is 1. The van der Waals surface area contributed by atoms with Gasteiger partial charge in [-0.3, -0.25) is 4.90 Å². The molecule has 0 aromatic heterocycles. The number of fused-ring (bicyclic) bond motifs is 1. The highest BCUT2D eigenvalue weighted by molar-refractivity contribution is 5.90. The zero-order chi connectivity index (χ0) is 22.1. The van der Waals surface area contributed by atoms with Gasteiger partial charge in [0, 0.05) is 30.9 Å². The minimum absolute atomic E-state index is 0.0970. The number of likely N-dealkylation sites (tertiary alicyclic amines) is 1. The van der Waals surface area contributed by atoms with Gasteiger partial charge in [-0.2, -0.15) is 0 Å². The predicted octanol–water partition coefficient (Wildman–Crippen LogP) is 5.45. The van der Waals surface area contributed by atoms with Crippen molar-refractivity contribution in [3.8, 4) is 11.5 Å². The number of nitrogens with zero attached hydrogens (tertiary/aromatic N) is 2. The maximum absolute atomic E-state index is 13.5. The van der Waals surface area contributed by atoms with Crippen molar-refractivity contribution >= 4 is 11.7 Å². The topological polar surface area (TPSA) is 44.8 Å². The SMILES string of the molecule is CN(C1CN(C(=O)Nc2ccc(Oc3ccccc3)cc2)C1)C1CCc2cc(F)ccc21. The van der Waals surface area contributed by atoms with Crippen LogP contribution in [0.1, 0.15) is 23.6 Å². The quantitative estimate of drug-likeness (QED) is 0.584. The van der Waals surface area contributed by atoms with Crippen LogP contribution in [0.3, 0.4) is 0 Å². The molecule has 1 aliphatic heterocycles. The zero-order valence-electron chi connectivity index (χ0n) is 18.0. The normalized spacial score (nSPS) is 17.7. The molecule has 0 radical (unpaired) electrons. The van der Waals surface area contributed by atoms with E-state index in [1.54, 1.807) is 12.1 Å². The molecule has 1 atom stereocenters. The van der Waals surface area contributed by atoms with E-state index in [0.29, 0.717) is 19.1 Å². The van der Waals surface area contributed by atoms with E-state index in [1.165, 1.54) is 5.56 Å². The molecular formula is C26H26FN3O2. The molecule has 0 bridgehead atoms. The van der Waals surface area contributed by atoms with E-state index < -0.39 is 0 Å². The number of ether oxygens (including phenoxy) is 1. The fraction of sp³-hybridized carbons (Fsp3) is 0.269. The number of hydrogen-bond acceptors (Lipinski definition) is 3. The summed E-state index contributed by atoms with van der Waals surface area (Å²) in [5, 5.41) is 2.96. The smallest absolute Gasteiger partial charge is 0.321 e. The molecule has 32 heavy (non-hydrogen) atoms. The maximum atomic E-state index is 13.5. The number of aryl methyl sites for hydroxylation is 1. The Morgan fingerprint density at radius 2 is 1.75 bits per heavy atom. The number of halogens is 1. The van der Waals surface area contributed by atoms with Crippen LogP contribution >= 0.6 is 0 Å². The Kier molecular flexibility index (Phi) is 5.53. The molecule has 1 N–H and O–H groups in total. The van der Waals surface area contributed by atoms with Crippen molar-refractivity contribution in [2.75, 3.05) is 25.5 Å². The Morgan fingerprint density at radius 3 is 2.50 bits per heavy atom. The first kappa shape index (κ1) is 20.5. The van der Waals surface area contributed by atoms with Gasteiger partial charge in [-0.1, -0.05) is 24.3 Å². The van der Waals surface area contributed by atoms with Gasteiger partial charge in [-0.05, 0) is 79.5 Å². The van der Waals surface area contributed by atoms with Crippen LogP contribution < -0.4 is 10.1 Å². The van der Waals surface area contributed by atoms with E-state index >= 15 is 0 Å². The molecule has 2 amide bonds. The van der Waals surface area contributed by atoms with Crippen molar-refractivity contribution in [1.29, 1.82) is 0 Å². The van der Waals surface area contributed by atoms with Gasteiger partial charge in [0.05, 0.1) is 0 Å². The van der Waals surface area contributed by atoms with E-state index in [0.717, 1.165) is 35.6 Å². The molecule has 0 spiro atoms. The first-order chi connectivity index (χ1) is 15.6. The van der Waals surface area contributed by atoms with Gasteiger partial charge >= 0.3 is 6.03 Å². The first-order valence-electron chi connectivity index (χ1n) is 11.0. The van der Waals surface area contributed by atoms with E-state index in [2.05, 4.69) is 17.3 Å². The van der Waals surface area contributed by atoms with Crippen LogP contribution in [-0.4, -0.2) is 42.0 Å². The number of nitrogens with one attached hydrogen (secondary N) is 1. The van der Waals surface area contributed by atoms with Crippen molar-refractivity contribution in [3.63, 3.8) is 0 Å². The summed E-state index contributed by atoms with van der Waals surface area (Å²) in [5.41, 5.74) is 3.06. The first-order valence-corrected chi connectivity index (χ1v) is 11.0. The molecule has 1 unspecified atom stereocenters. The average molecular weight is 432 g/mol. The van der Waals surface area contributed by atoms with Crippen LogP contribution in [0.5, 0.6) is 11.5 Å². The van der Waals surface area contributed by atoms with Gasteiger partial charge in [0.2, 0.25) is 0 Å². The Labute approximate surface area is 187 Å². The molecule has 0 saturated carbocycles. The van der Waals surface area contributed by atoms with Crippen molar-refractivity contribution in [3.05, 3.63) is 89.7 Å². The monoisotopic (exact) mass is 431 g/mol. The minimum Gasteiger partial charge on any atom is -0.457 e. The van der Waals surface area contributed by atoms with Crippen LogP contribution in [0.2, 0.25) is 0 Å². The summed E-state index contributed by atoms with van der Waals surface area (Å²) in [6, 6.07) is 22.6. The van der Waals surface area contributed by atoms with E-state index in [-0.39, 0.29) is 17.9 Å². The van der Waals surface area contributed by atoms with Crippen molar-refractivity contribution in [1.82, 2.24) is 9.80 Å². The van der Waals surface area contributed by atoms with Crippen molar-refractivity contribution in [2.24, 2.45) is 0 Å². The summed E-state index contributed by atoms with van der Waals surface area (Å²) in [6.07, 6.45) is 1.90. The molecule has 3 aromatic rings. The van der Waals surface area contributed by atoms with Gasteiger partial charge in [0.15, 0.2) is 0 Å². The Morgan fingerprint density at radius 1 is 1.03 bits per heavy atom. The van der Waals surface area contributed by atoms with E-state index in [4.69, 9.17) is 4.74 Å². The lowest BCUT2D eigenvalue weighted by Crippen LogP contribution is -2.61. The highest BCUT2D eigenvalue weighted by Crippen LogP contribution is 2.37. The summed E-state index contributed by atoms with van der Waals surface area (Å²) in [6.45, 7) is 1.37. The van der Waals surface area contributed by atoms with E-state index in [9.17, 15) is 9.18 Å². The second-order valence-electron chi connectivity index (χ2n) is 8.49. The molecule has 6 heteroatoms. The molecular weight excluding hydrogens is 405 g/mol. The van der Waals surface area contributed by atoms with Gasteiger partial charge in [-0.25, -0.2) is 9.18 Å². The van der Waals surface area contributed by atoms with Gasteiger partial charge in [0.25, 0.3) is 0 Å². The zero-order valence-corrected chi connectivity index (χ0v) is 18.0. The lowest BCUT2D eigenvalue weighted by molar-refractivity contribution is 0.0514. The average Bonchev–Trinajstić information content (AvgIpc) is 3.18. The van der Waals surface area contributed by atoms with Crippen LogP contribution in [0.4, 0.5) is 14.9 Å². The summed E-state index contributed by atoms with van der Waals surface area (Å²) >= 11 is 0. The standard InChI is InChI=1S/C26H26FN3O2/c1-29(25-14-7-18-15-19(27)8-13-24(18)25)21-16-30(17-21)26(31)28-20-9-11-23(12-10-20)32-22-5-3-2-4-6-22/h2-6,8-13,15,21,25H,7,14,16-17H2,1H3,(H,28,31). The van der Waals surface area contributed by atoms with Gasteiger partial charge in [-0.15, -0.1) is 0 Å². The molecule has 164 valence electrons. The molecule has 3 aromatic carbocycles. The number of anilines is 1. The Hall–Kier alpha value is -3.38. The fourth-order valence-corrected chi connectivity index (χ4v) is 4.55. The highest BCUT2D eigenvalue weighted by atomic mass is 19.1. The Balaban J connectivity index is 1.13. The third kappa shape index (κ3) is 4.18. The number of para-hydroxylation sites is 1. The second kappa shape index (κ2) is 8.63. The molecule has 2 aliphatic rings. The van der Waals surface area contributed by atoms with Gasteiger partial charge < -0.3 is 15.0 Å². The fourth-order valence-electron chi connectivity index (χ4n) is 4.55. The summed E-state index contributed by atoms with van der Waals surface area (Å²) in [5.74, 6) is 1.32. The van der Waals surface area contributed by atoms with Crippen LogP contribution in [0.25, 0.3) is 0 Å². The van der Waals surface area contributed by atoms with Gasteiger partial charge in [0.1, 0.15) is 17.3 Å². The van der Waals surface area contributed by atoms with Crippen molar-refractivity contribution < 1.29 is 13.9 Å².